The first-order valence-electron chi connectivity index (χ1n) is 9.72. The van der Waals surface area contributed by atoms with Gasteiger partial charge in [0.05, 0.1) is 18.9 Å². The summed E-state index contributed by atoms with van der Waals surface area (Å²) < 4.78 is 12.5. The molecule has 0 unspecified atom stereocenters. The van der Waals surface area contributed by atoms with Crippen LogP contribution in [0.15, 0.2) is 75.5 Å². The van der Waals surface area contributed by atoms with Crippen molar-refractivity contribution in [3.05, 3.63) is 82.1 Å². The van der Waals surface area contributed by atoms with Crippen LogP contribution in [0.4, 0.5) is 5.69 Å². The van der Waals surface area contributed by atoms with Crippen molar-refractivity contribution >= 4 is 33.2 Å². The zero-order chi connectivity index (χ0) is 20.9. The second kappa shape index (κ2) is 9.09. The molecule has 2 aromatic carbocycles. The van der Waals surface area contributed by atoms with E-state index in [1.165, 1.54) is 0 Å². The molecule has 4 rings (SSSR count). The van der Waals surface area contributed by atoms with Crippen molar-refractivity contribution in [2.75, 3.05) is 13.2 Å². The molecule has 1 aliphatic heterocycles. The fourth-order valence-electron chi connectivity index (χ4n) is 3.16. The number of pyridine rings is 1. The normalized spacial score (nSPS) is 12.8. The number of ether oxygens (including phenoxy) is 2. The highest BCUT2D eigenvalue weighted by Crippen LogP contribution is 2.33. The molecular formula is C23H21BrN4O2. The van der Waals surface area contributed by atoms with Crippen LogP contribution in [0.5, 0.6) is 11.5 Å². The molecule has 0 atom stereocenters. The number of amidine groups is 1. The monoisotopic (exact) mass is 464 g/mol. The topological polar surface area (TPSA) is 68.1 Å². The average molecular weight is 465 g/mol. The van der Waals surface area contributed by atoms with Crippen LogP contribution < -0.4 is 14.9 Å². The summed E-state index contributed by atoms with van der Waals surface area (Å²) in [4.78, 5) is 9.00. The van der Waals surface area contributed by atoms with Crippen molar-refractivity contribution in [1.82, 2.24) is 10.4 Å². The molecule has 1 aliphatic rings. The Labute approximate surface area is 183 Å². The van der Waals surface area contributed by atoms with Gasteiger partial charge in [0.2, 0.25) is 0 Å². The van der Waals surface area contributed by atoms with E-state index in [1.807, 2.05) is 62.4 Å². The SMILES string of the molecule is CCOc1ccc(C2=NNC(c3cccnc3)=Nc3ccc(Br)cc32)cc1OCC. The summed E-state index contributed by atoms with van der Waals surface area (Å²) in [5.41, 5.74) is 7.35. The lowest BCUT2D eigenvalue weighted by Gasteiger charge is -2.14. The minimum Gasteiger partial charge on any atom is -0.490 e. The van der Waals surface area contributed by atoms with Gasteiger partial charge in [0.1, 0.15) is 5.71 Å². The summed E-state index contributed by atoms with van der Waals surface area (Å²) >= 11 is 3.57. The van der Waals surface area contributed by atoms with Gasteiger partial charge in [-0.05, 0) is 62.4 Å². The predicted octanol–water partition coefficient (Wildman–Crippen LogP) is 5.08. The minimum absolute atomic E-state index is 0.546. The highest BCUT2D eigenvalue weighted by atomic mass is 79.9. The number of fused-ring (bicyclic) bond motifs is 1. The predicted molar refractivity (Wildman–Crippen MR) is 122 cm³/mol. The molecule has 0 aliphatic carbocycles. The fourth-order valence-corrected chi connectivity index (χ4v) is 3.52. The Morgan fingerprint density at radius 3 is 2.53 bits per heavy atom. The van der Waals surface area contributed by atoms with Crippen LogP contribution in [-0.4, -0.2) is 29.7 Å². The Hall–Kier alpha value is -3.19. The van der Waals surface area contributed by atoms with Crippen molar-refractivity contribution in [2.45, 2.75) is 13.8 Å². The molecule has 2 heterocycles. The third kappa shape index (κ3) is 4.21. The Balaban J connectivity index is 1.82. The van der Waals surface area contributed by atoms with Gasteiger partial charge in [0.15, 0.2) is 17.3 Å². The van der Waals surface area contributed by atoms with Crippen LogP contribution >= 0.6 is 15.9 Å². The maximum absolute atomic E-state index is 5.81. The molecule has 6 nitrogen and oxygen atoms in total. The van der Waals surface area contributed by atoms with E-state index in [1.54, 1.807) is 12.4 Å². The second-order valence-corrected chi connectivity index (χ2v) is 7.38. The largest absolute Gasteiger partial charge is 0.490 e. The minimum atomic E-state index is 0.546. The summed E-state index contributed by atoms with van der Waals surface area (Å²) in [6, 6.07) is 15.6. The first-order chi connectivity index (χ1) is 14.7. The van der Waals surface area contributed by atoms with Gasteiger partial charge in [-0.25, -0.2) is 4.99 Å². The molecule has 0 saturated carbocycles. The third-order valence-corrected chi connectivity index (χ3v) is 4.96. The van der Waals surface area contributed by atoms with Crippen LogP contribution in [0, 0.1) is 0 Å². The van der Waals surface area contributed by atoms with Gasteiger partial charge in [-0.2, -0.15) is 5.10 Å². The van der Waals surface area contributed by atoms with E-state index >= 15 is 0 Å². The van der Waals surface area contributed by atoms with Crippen LogP contribution in [0.25, 0.3) is 0 Å². The number of hydrogen-bond donors (Lipinski definition) is 1. The molecule has 0 radical (unpaired) electrons. The van der Waals surface area contributed by atoms with E-state index in [0.717, 1.165) is 32.6 Å². The van der Waals surface area contributed by atoms with E-state index in [4.69, 9.17) is 19.6 Å². The van der Waals surface area contributed by atoms with Crippen LogP contribution in [-0.2, 0) is 0 Å². The van der Waals surface area contributed by atoms with Crippen LogP contribution in [0.1, 0.15) is 30.5 Å². The Morgan fingerprint density at radius 2 is 1.77 bits per heavy atom. The lowest BCUT2D eigenvalue weighted by molar-refractivity contribution is 0.287. The number of aliphatic imine (C=N–C) groups is 1. The molecular weight excluding hydrogens is 444 g/mol. The van der Waals surface area contributed by atoms with Gasteiger partial charge in [-0.1, -0.05) is 15.9 Å². The van der Waals surface area contributed by atoms with Gasteiger partial charge in [0, 0.05) is 33.6 Å². The highest BCUT2D eigenvalue weighted by Gasteiger charge is 2.19. The molecule has 0 fully saturated rings. The summed E-state index contributed by atoms with van der Waals surface area (Å²) in [6.45, 7) is 5.02. The molecule has 0 amide bonds. The molecule has 30 heavy (non-hydrogen) atoms. The molecule has 152 valence electrons. The lowest BCUT2D eigenvalue weighted by Crippen LogP contribution is -2.19. The van der Waals surface area contributed by atoms with Crippen LogP contribution in [0.3, 0.4) is 0 Å². The van der Waals surface area contributed by atoms with E-state index < -0.39 is 0 Å². The van der Waals surface area contributed by atoms with Crippen molar-refractivity contribution in [1.29, 1.82) is 0 Å². The number of rotatable bonds is 6. The van der Waals surface area contributed by atoms with E-state index in [0.29, 0.717) is 30.5 Å². The van der Waals surface area contributed by atoms with Crippen molar-refractivity contribution in [3.8, 4) is 11.5 Å². The number of hydrazone groups is 1. The molecule has 0 spiro atoms. The van der Waals surface area contributed by atoms with Gasteiger partial charge < -0.3 is 9.47 Å². The highest BCUT2D eigenvalue weighted by molar-refractivity contribution is 9.10. The molecule has 3 aromatic rings. The van der Waals surface area contributed by atoms with Gasteiger partial charge in [-0.3, -0.25) is 10.4 Å². The number of halogens is 1. The third-order valence-electron chi connectivity index (χ3n) is 4.47. The van der Waals surface area contributed by atoms with Crippen molar-refractivity contribution in [3.63, 3.8) is 0 Å². The van der Waals surface area contributed by atoms with Gasteiger partial charge in [0.25, 0.3) is 0 Å². The number of nitrogens with zero attached hydrogens (tertiary/aromatic N) is 3. The summed E-state index contributed by atoms with van der Waals surface area (Å²) in [7, 11) is 0. The molecule has 0 saturated heterocycles. The smallest absolute Gasteiger partial charge is 0.161 e. The number of benzene rings is 2. The maximum Gasteiger partial charge on any atom is 0.161 e. The summed E-state index contributed by atoms with van der Waals surface area (Å²) in [5.74, 6) is 2.04. The van der Waals surface area contributed by atoms with Crippen LogP contribution in [0.2, 0.25) is 0 Å². The molecule has 0 bridgehead atoms. The summed E-state index contributed by atoms with van der Waals surface area (Å²) in [5, 5.41) is 4.70. The van der Waals surface area contributed by atoms with E-state index in [2.05, 4.69) is 26.3 Å². The second-order valence-electron chi connectivity index (χ2n) is 6.46. The zero-order valence-electron chi connectivity index (χ0n) is 16.7. The standard InChI is InChI=1S/C23H21BrN4O2/c1-3-29-20-10-7-15(12-21(20)30-4-2)22-18-13-17(24)8-9-19(18)26-23(28-27-22)16-6-5-11-25-14-16/h5-14H,3-4H2,1-2H3,(H,26,28). The Bertz CT molecular complexity index is 1110. The number of hydrogen-bond acceptors (Lipinski definition) is 6. The number of nitrogens with one attached hydrogen (secondary N) is 1. The molecule has 1 aromatic heterocycles. The zero-order valence-corrected chi connectivity index (χ0v) is 18.3. The Kier molecular flexibility index (Phi) is 6.09. The first kappa shape index (κ1) is 20.1. The van der Waals surface area contributed by atoms with E-state index in [9.17, 15) is 0 Å². The quantitative estimate of drug-likeness (QED) is 0.552. The fraction of sp³-hybridized carbons (Fsp3) is 0.174. The van der Waals surface area contributed by atoms with E-state index in [-0.39, 0.29) is 0 Å². The summed E-state index contributed by atoms with van der Waals surface area (Å²) in [6.07, 6.45) is 3.49. The lowest BCUT2D eigenvalue weighted by atomic mass is 10.0. The Morgan fingerprint density at radius 1 is 0.933 bits per heavy atom. The van der Waals surface area contributed by atoms with Crippen molar-refractivity contribution in [2.24, 2.45) is 10.1 Å². The van der Waals surface area contributed by atoms with Crippen molar-refractivity contribution < 1.29 is 9.47 Å². The number of aromatic nitrogens is 1. The molecule has 7 heteroatoms. The van der Waals surface area contributed by atoms with Gasteiger partial charge in [-0.15, -0.1) is 0 Å². The maximum atomic E-state index is 5.81. The van der Waals surface area contributed by atoms with Gasteiger partial charge >= 0.3 is 0 Å². The first-order valence-corrected chi connectivity index (χ1v) is 10.5. The molecule has 1 N–H and O–H groups in total. The average Bonchev–Trinajstić information content (AvgIpc) is 2.95.